The molecule has 246 valence electrons. The van der Waals surface area contributed by atoms with Gasteiger partial charge in [0.05, 0.1) is 24.0 Å². The third kappa shape index (κ3) is 7.22. The van der Waals surface area contributed by atoms with Gasteiger partial charge in [0.2, 0.25) is 0 Å². The lowest BCUT2D eigenvalue weighted by atomic mass is 9.85. The van der Waals surface area contributed by atoms with Crippen LogP contribution in [-0.4, -0.2) is 50.7 Å². The Bertz CT molecular complexity index is 1800. The summed E-state index contributed by atoms with van der Waals surface area (Å²) in [7, 11) is 2.14. The molecule has 1 saturated heterocycles. The number of amidine groups is 1. The Hall–Kier alpha value is -4.57. The van der Waals surface area contributed by atoms with E-state index in [0.717, 1.165) is 71.0 Å². The number of hydrogen-bond donors (Lipinski definition) is 3. The van der Waals surface area contributed by atoms with E-state index in [1.54, 1.807) is 0 Å². The predicted molar refractivity (Wildman–Crippen MR) is 186 cm³/mol. The van der Waals surface area contributed by atoms with Crippen LogP contribution >= 0.6 is 0 Å². The number of urea groups is 1. The number of rotatable bonds is 7. The maximum absolute atomic E-state index is 13.5. The number of nitrogens with zero attached hydrogens (tertiary/aromatic N) is 5. The van der Waals surface area contributed by atoms with Crippen LogP contribution in [0.3, 0.4) is 0 Å². The highest BCUT2D eigenvalue weighted by molar-refractivity contribution is 6.09. The molecule has 3 N–H and O–H groups in total. The summed E-state index contributed by atoms with van der Waals surface area (Å²) in [6.45, 7) is 11.1. The average Bonchev–Trinajstić information content (AvgIpc) is 3.65. The number of amides is 2. The molecule has 1 fully saturated rings. The molecule has 4 aromatic rings. The van der Waals surface area contributed by atoms with Gasteiger partial charge >= 0.3 is 6.03 Å². The number of hydrogen-bond acceptors (Lipinski definition) is 7. The van der Waals surface area contributed by atoms with E-state index in [0.29, 0.717) is 18.0 Å². The first-order valence-electron chi connectivity index (χ1n) is 16.6. The fourth-order valence-electron chi connectivity index (χ4n) is 6.50. The van der Waals surface area contributed by atoms with Gasteiger partial charge in [-0.2, -0.15) is 0 Å². The molecule has 3 atom stereocenters. The highest BCUT2D eigenvalue weighted by Gasteiger charge is 2.31. The highest BCUT2D eigenvalue weighted by Crippen LogP contribution is 2.39. The van der Waals surface area contributed by atoms with Crippen LogP contribution in [0, 0.1) is 24.7 Å². The van der Waals surface area contributed by atoms with Crippen LogP contribution < -0.4 is 15.4 Å². The molecular formula is C37H46N8O2. The van der Waals surface area contributed by atoms with Crippen LogP contribution in [0.1, 0.15) is 99.1 Å². The van der Waals surface area contributed by atoms with Crippen molar-refractivity contribution < 1.29 is 9.53 Å². The zero-order valence-corrected chi connectivity index (χ0v) is 28.3. The van der Waals surface area contributed by atoms with Gasteiger partial charge in [0, 0.05) is 12.1 Å². The van der Waals surface area contributed by atoms with Gasteiger partial charge in [0.1, 0.15) is 17.7 Å². The van der Waals surface area contributed by atoms with Crippen molar-refractivity contribution in [1.29, 1.82) is 5.41 Å². The number of nitrogens with one attached hydrogen (secondary N) is 3. The van der Waals surface area contributed by atoms with Crippen LogP contribution in [0.25, 0.3) is 5.65 Å². The average molecular weight is 635 g/mol. The molecule has 3 unspecified atom stereocenters. The van der Waals surface area contributed by atoms with Crippen molar-refractivity contribution in [2.45, 2.75) is 84.9 Å². The van der Waals surface area contributed by atoms with E-state index < -0.39 is 0 Å². The molecule has 0 radical (unpaired) electrons. The number of pyridine rings is 1. The molecule has 2 aliphatic rings. The van der Waals surface area contributed by atoms with Crippen LogP contribution in [0.4, 0.5) is 10.5 Å². The first kappa shape index (κ1) is 32.4. The van der Waals surface area contributed by atoms with E-state index in [9.17, 15) is 4.79 Å². The number of likely N-dealkylation sites (tertiary alicyclic amines) is 1. The number of fused-ring (bicyclic) bond motifs is 2. The quantitative estimate of drug-likeness (QED) is 0.143. The van der Waals surface area contributed by atoms with Crippen LogP contribution in [0.2, 0.25) is 0 Å². The first-order valence-corrected chi connectivity index (χ1v) is 16.6. The number of ether oxygens (including phenoxy) is 1. The van der Waals surface area contributed by atoms with Gasteiger partial charge in [-0.1, -0.05) is 62.7 Å². The number of carbonyl (C=O) groups excluding carboxylic acids is 1. The topological polar surface area (TPSA) is 120 Å². The molecule has 2 aromatic heterocycles. The van der Waals surface area contributed by atoms with E-state index in [1.165, 1.54) is 0 Å². The zero-order valence-electron chi connectivity index (χ0n) is 28.3. The van der Waals surface area contributed by atoms with Crippen LogP contribution in [0.5, 0.6) is 5.75 Å². The van der Waals surface area contributed by atoms with Crippen LogP contribution in [0.15, 0.2) is 65.8 Å². The van der Waals surface area contributed by atoms with E-state index >= 15 is 0 Å². The van der Waals surface area contributed by atoms with Gasteiger partial charge in [-0.05, 0) is 93.4 Å². The Balaban J connectivity index is 1.19. The predicted octanol–water partition coefficient (Wildman–Crippen LogP) is 7.55. The molecule has 10 nitrogen and oxygen atoms in total. The van der Waals surface area contributed by atoms with E-state index in [1.807, 2.05) is 83.3 Å². The molecule has 2 amide bonds. The molecule has 6 rings (SSSR count). The number of aryl methyl sites for hydroxylation is 2. The number of aromatic nitrogens is 3. The minimum absolute atomic E-state index is 0.163. The van der Waals surface area contributed by atoms with Crippen LogP contribution in [-0.2, 0) is 0 Å². The third-order valence-electron chi connectivity index (χ3n) is 9.33. The van der Waals surface area contributed by atoms with Gasteiger partial charge in [0.15, 0.2) is 11.5 Å². The molecule has 0 bridgehead atoms. The summed E-state index contributed by atoms with van der Waals surface area (Å²) in [5.74, 6) is 2.18. The van der Waals surface area contributed by atoms with Crippen molar-refractivity contribution in [3.63, 3.8) is 0 Å². The molecule has 2 aromatic carbocycles. The summed E-state index contributed by atoms with van der Waals surface area (Å²) in [5, 5.41) is 23.8. The Labute approximate surface area is 277 Å². The van der Waals surface area contributed by atoms with Gasteiger partial charge in [-0.3, -0.25) is 14.6 Å². The third-order valence-corrected chi connectivity index (χ3v) is 9.33. The fraction of sp³-hybridized carbons (Fsp3) is 0.432. The molecule has 0 saturated carbocycles. The normalized spacial score (nSPS) is 20.2. The standard InChI is InChI=1S/C37H46N8O2/c1-23-13-15-25(16-14-23)39-33(21-32(38)37(3,4)5)41-36(46)40-29-17-18-31(28-11-8-7-10-27(28)29)47-26-20-24(2)34-42-43-35(45(34)22-26)30-12-9-19-44(30)6/h7-8,10-11,13-16,20,22,29-31,38H,9,12,17-19,21H2,1-6H3,(H2,39,40,41,46). The van der Waals surface area contributed by atoms with Crippen molar-refractivity contribution in [3.8, 4) is 5.75 Å². The Morgan fingerprint density at radius 1 is 1.04 bits per heavy atom. The maximum atomic E-state index is 13.5. The lowest BCUT2D eigenvalue weighted by Gasteiger charge is -2.32. The summed E-state index contributed by atoms with van der Waals surface area (Å²) in [6, 6.07) is 17.7. The summed E-state index contributed by atoms with van der Waals surface area (Å²) in [4.78, 5) is 20.5. The lowest BCUT2D eigenvalue weighted by Crippen LogP contribution is -2.43. The number of carbonyl (C=O) groups is 1. The summed E-state index contributed by atoms with van der Waals surface area (Å²) in [5.41, 5.74) is 5.99. The molecular weight excluding hydrogens is 588 g/mol. The second-order valence-corrected chi connectivity index (χ2v) is 14.0. The summed E-state index contributed by atoms with van der Waals surface area (Å²) < 4.78 is 8.78. The monoisotopic (exact) mass is 634 g/mol. The summed E-state index contributed by atoms with van der Waals surface area (Å²) >= 11 is 0. The van der Waals surface area contributed by atoms with Crippen molar-refractivity contribution in [2.24, 2.45) is 10.4 Å². The molecule has 10 heteroatoms. The van der Waals surface area contributed by atoms with Crippen molar-refractivity contribution in [2.75, 3.05) is 13.6 Å². The van der Waals surface area contributed by atoms with Crippen molar-refractivity contribution in [1.82, 2.24) is 30.1 Å². The Morgan fingerprint density at radius 3 is 2.49 bits per heavy atom. The fourth-order valence-corrected chi connectivity index (χ4v) is 6.50. The van der Waals surface area contributed by atoms with E-state index in [2.05, 4.69) is 49.3 Å². The second kappa shape index (κ2) is 13.3. The first-order chi connectivity index (χ1) is 22.5. The minimum atomic E-state index is -0.338. The Morgan fingerprint density at radius 2 is 1.79 bits per heavy atom. The van der Waals surface area contributed by atoms with Gasteiger partial charge < -0.3 is 15.5 Å². The molecule has 1 aliphatic heterocycles. The van der Waals surface area contributed by atoms with Crippen molar-refractivity contribution in [3.05, 3.63) is 88.9 Å². The molecule has 3 heterocycles. The largest absolute Gasteiger partial charge is 0.484 e. The SMILES string of the molecule is Cc1ccc(N=C(CC(=N)C(C)(C)C)NC(=O)NC2CCC(Oc3cc(C)c4nnc(C5CCCN5C)n4c3)c3ccccc32)cc1. The second-order valence-electron chi connectivity index (χ2n) is 14.0. The van der Waals surface area contributed by atoms with Gasteiger partial charge in [-0.25, -0.2) is 9.79 Å². The highest BCUT2D eigenvalue weighted by atomic mass is 16.5. The van der Waals surface area contributed by atoms with Gasteiger partial charge in [0.25, 0.3) is 0 Å². The minimum Gasteiger partial charge on any atom is -0.484 e. The molecule has 47 heavy (non-hydrogen) atoms. The lowest BCUT2D eigenvalue weighted by molar-refractivity contribution is 0.171. The van der Waals surface area contributed by atoms with Crippen molar-refractivity contribution >= 4 is 28.9 Å². The zero-order chi connectivity index (χ0) is 33.3. The number of aliphatic imine (C=N–C) groups is 1. The van der Waals surface area contributed by atoms with E-state index in [4.69, 9.17) is 15.1 Å². The maximum Gasteiger partial charge on any atom is 0.320 e. The molecule has 0 spiro atoms. The smallest absolute Gasteiger partial charge is 0.320 e. The molecule has 1 aliphatic carbocycles. The Kier molecular flexibility index (Phi) is 9.14. The van der Waals surface area contributed by atoms with E-state index in [-0.39, 0.29) is 36.1 Å². The summed E-state index contributed by atoms with van der Waals surface area (Å²) in [6.07, 6.45) is 5.77. The van der Waals surface area contributed by atoms with Gasteiger partial charge in [-0.15, -0.1) is 10.2 Å². The number of benzene rings is 2.